The maximum atomic E-state index is 12.5. The van der Waals surface area contributed by atoms with Crippen LogP contribution in [-0.4, -0.2) is 62.2 Å². The first-order chi connectivity index (χ1) is 11.0. The van der Waals surface area contributed by atoms with Crippen LogP contribution in [0, 0.1) is 0 Å². The maximum Gasteiger partial charge on any atom is 0.409 e. The number of halogens is 1. The minimum Gasteiger partial charge on any atom is -0.496 e. The van der Waals surface area contributed by atoms with E-state index in [1.807, 2.05) is 0 Å². The van der Waals surface area contributed by atoms with Gasteiger partial charge < -0.3 is 19.3 Å². The van der Waals surface area contributed by atoms with Crippen LogP contribution in [-0.2, 0) is 16.0 Å². The average Bonchev–Trinajstić information content (AvgIpc) is 2.80. The lowest BCUT2D eigenvalue weighted by atomic mass is 10.1. The number of carbonyl (C=O) groups is 2. The van der Waals surface area contributed by atoms with Crippen LogP contribution in [0.4, 0.5) is 4.79 Å². The molecule has 6 nitrogen and oxygen atoms in total. The SMILES string of the molecule is COC(=O)N1CCCN(C(=O)Cc2cc(Cl)ccc2OC)CC1. The number of nitrogens with zero attached hydrogens (tertiary/aromatic N) is 2. The fourth-order valence-corrected chi connectivity index (χ4v) is 2.83. The third-order valence-corrected chi connectivity index (χ3v) is 4.10. The van der Waals surface area contributed by atoms with Gasteiger partial charge in [-0.2, -0.15) is 0 Å². The van der Waals surface area contributed by atoms with E-state index in [-0.39, 0.29) is 18.4 Å². The molecule has 1 aliphatic heterocycles. The molecule has 23 heavy (non-hydrogen) atoms. The summed E-state index contributed by atoms with van der Waals surface area (Å²) in [6, 6.07) is 5.23. The molecular formula is C16H21ClN2O4. The fraction of sp³-hybridized carbons (Fsp3) is 0.500. The van der Waals surface area contributed by atoms with E-state index >= 15 is 0 Å². The van der Waals surface area contributed by atoms with Gasteiger partial charge in [0.2, 0.25) is 5.91 Å². The third-order valence-electron chi connectivity index (χ3n) is 3.87. The summed E-state index contributed by atoms with van der Waals surface area (Å²) in [4.78, 5) is 27.5. The van der Waals surface area contributed by atoms with Gasteiger partial charge in [-0.05, 0) is 24.6 Å². The summed E-state index contributed by atoms with van der Waals surface area (Å²) in [5.41, 5.74) is 0.763. The van der Waals surface area contributed by atoms with Gasteiger partial charge in [-0.3, -0.25) is 4.79 Å². The predicted molar refractivity (Wildman–Crippen MR) is 86.9 cm³/mol. The summed E-state index contributed by atoms with van der Waals surface area (Å²) in [5, 5.41) is 0.571. The Hall–Kier alpha value is -1.95. The summed E-state index contributed by atoms with van der Waals surface area (Å²) >= 11 is 6.00. The Bertz CT molecular complexity index is 579. The van der Waals surface area contributed by atoms with E-state index in [9.17, 15) is 9.59 Å². The second kappa shape index (κ2) is 8.06. The number of methoxy groups -OCH3 is 2. The van der Waals surface area contributed by atoms with E-state index < -0.39 is 0 Å². The zero-order valence-electron chi connectivity index (χ0n) is 13.4. The van der Waals surface area contributed by atoms with Gasteiger partial charge in [0.05, 0.1) is 20.6 Å². The highest BCUT2D eigenvalue weighted by Crippen LogP contribution is 2.23. The number of carbonyl (C=O) groups excluding carboxylic acids is 2. The molecule has 1 aliphatic rings. The standard InChI is InChI=1S/C16H21ClN2O4/c1-22-14-5-4-13(17)10-12(14)11-15(20)18-6-3-7-19(9-8-18)16(21)23-2/h4-5,10H,3,6-9,11H2,1-2H3. The van der Waals surface area contributed by atoms with E-state index in [0.29, 0.717) is 37.0 Å². The fourth-order valence-electron chi connectivity index (χ4n) is 2.64. The zero-order valence-corrected chi connectivity index (χ0v) is 14.1. The highest BCUT2D eigenvalue weighted by atomic mass is 35.5. The molecule has 0 unspecified atom stereocenters. The maximum absolute atomic E-state index is 12.5. The first-order valence-electron chi connectivity index (χ1n) is 7.48. The number of hydrogen-bond acceptors (Lipinski definition) is 4. The molecule has 1 heterocycles. The highest BCUT2D eigenvalue weighted by molar-refractivity contribution is 6.30. The van der Waals surface area contributed by atoms with Crippen LogP contribution in [0.1, 0.15) is 12.0 Å². The molecule has 0 radical (unpaired) electrons. The quantitative estimate of drug-likeness (QED) is 0.846. The monoisotopic (exact) mass is 340 g/mol. The average molecular weight is 341 g/mol. The van der Waals surface area contributed by atoms with E-state index in [2.05, 4.69) is 0 Å². The van der Waals surface area contributed by atoms with Gasteiger partial charge in [0.15, 0.2) is 0 Å². The molecule has 0 aliphatic carbocycles. The van der Waals surface area contributed by atoms with Crippen LogP contribution in [0.25, 0.3) is 0 Å². The van der Waals surface area contributed by atoms with Crippen molar-refractivity contribution in [1.82, 2.24) is 9.80 Å². The molecule has 1 saturated heterocycles. The lowest BCUT2D eigenvalue weighted by Crippen LogP contribution is -2.37. The Morgan fingerprint density at radius 3 is 2.52 bits per heavy atom. The molecule has 0 saturated carbocycles. The topological polar surface area (TPSA) is 59.1 Å². The van der Waals surface area contributed by atoms with Crippen molar-refractivity contribution >= 4 is 23.6 Å². The largest absolute Gasteiger partial charge is 0.496 e. The zero-order chi connectivity index (χ0) is 16.8. The molecule has 1 aromatic rings. The first-order valence-corrected chi connectivity index (χ1v) is 7.86. The summed E-state index contributed by atoms with van der Waals surface area (Å²) < 4.78 is 10.0. The Morgan fingerprint density at radius 2 is 1.83 bits per heavy atom. The number of ether oxygens (including phenoxy) is 2. The van der Waals surface area contributed by atoms with Crippen molar-refractivity contribution in [2.75, 3.05) is 40.4 Å². The normalized spacial score (nSPS) is 15.1. The first kappa shape index (κ1) is 17.4. The van der Waals surface area contributed by atoms with Crippen LogP contribution in [0.15, 0.2) is 18.2 Å². The Labute approximate surface area is 140 Å². The van der Waals surface area contributed by atoms with E-state index in [1.54, 1.807) is 35.1 Å². The smallest absolute Gasteiger partial charge is 0.409 e. The summed E-state index contributed by atoms with van der Waals surface area (Å²) in [6.45, 7) is 2.19. The predicted octanol–water partition coefficient (Wildman–Crippen LogP) is 2.19. The van der Waals surface area contributed by atoms with Crippen LogP contribution in [0.2, 0.25) is 5.02 Å². The van der Waals surface area contributed by atoms with E-state index in [1.165, 1.54) is 7.11 Å². The van der Waals surface area contributed by atoms with Crippen molar-refractivity contribution in [1.29, 1.82) is 0 Å². The highest BCUT2D eigenvalue weighted by Gasteiger charge is 2.23. The molecule has 0 N–H and O–H groups in total. The number of amides is 2. The lowest BCUT2D eigenvalue weighted by molar-refractivity contribution is -0.130. The minimum absolute atomic E-state index is 0.00252. The Balaban J connectivity index is 2.01. The second-order valence-corrected chi connectivity index (χ2v) is 5.76. The summed E-state index contributed by atoms with van der Waals surface area (Å²) in [5.74, 6) is 0.644. The van der Waals surface area contributed by atoms with Crippen molar-refractivity contribution in [3.63, 3.8) is 0 Å². The number of hydrogen-bond donors (Lipinski definition) is 0. The van der Waals surface area contributed by atoms with Gasteiger partial charge in [-0.1, -0.05) is 11.6 Å². The molecule has 0 aromatic heterocycles. The summed E-state index contributed by atoms with van der Waals surface area (Å²) in [6.07, 6.45) is 0.603. The van der Waals surface area contributed by atoms with E-state index in [4.69, 9.17) is 21.1 Å². The molecule has 2 rings (SSSR count). The number of benzene rings is 1. The van der Waals surface area contributed by atoms with Crippen molar-refractivity contribution in [3.05, 3.63) is 28.8 Å². The van der Waals surface area contributed by atoms with Crippen molar-refractivity contribution < 1.29 is 19.1 Å². The van der Waals surface area contributed by atoms with E-state index in [0.717, 1.165) is 12.0 Å². The number of rotatable bonds is 3. The Kier molecular flexibility index (Phi) is 6.10. The van der Waals surface area contributed by atoms with Gasteiger partial charge in [0, 0.05) is 36.8 Å². The minimum atomic E-state index is -0.351. The molecule has 0 atom stereocenters. The van der Waals surface area contributed by atoms with Gasteiger partial charge >= 0.3 is 6.09 Å². The molecule has 1 aromatic carbocycles. The lowest BCUT2D eigenvalue weighted by Gasteiger charge is -2.22. The van der Waals surface area contributed by atoms with Gasteiger partial charge in [0.25, 0.3) is 0 Å². The molecule has 0 spiro atoms. The molecule has 126 valence electrons. The van der Waals surface area contributed by atoms with Gasteiger partial charge in [-0.25, -0.2) is 4.79 Å². The molecule has 1 fully saturated rings. The Morgan fingerprint density at radius 1 is 1.13 bits per heavy atom. The van der Waals surface area contributed by atoms with Crippen molar-refractivity contribution in [2.45, 2.75) is 12.8 Å². The van der Waals surface area contributed by atoms with Crippen LogP contribution in [0.5, 0.6) is 5.75 Å². The molecular weight excluding hydrogens is 320 g/mol. The van der Waals surface area contributed by atoms with Crippen molar-refractivity contribution in [2.24, 2.45) is 0 Å². The summed E-state index contributed by atoms with van der Waals surface area (Å²) in [7, 11) is 2.93. The molecule has 7 heteroatoms. The van der Waals surface area contributed by atoms with Crippen LogP contribution < -0.4 is 4.74 Å². The van der Waals surface area contributed by atoms with Gasteiger partial charge in [0.1, 0.15) is 5.75 Å². The van der Waals surface area contributed by atoms with Crippen LogP contribution in [0.3, 0.4) is 0 Å². The third kappa shape index (κ3) is 4.51. The second-order valence-electron chi connectivity index (χ2n) is 5.32. The molecule has 0 bridgehead atoms. The van der Waals surface area contributed by atoms with Crippen LogP contribution >= 0.6 is 11.6 Å². The molecule has 2 amide bonds. The van der Waals surface area contributed by atoms with Crippen molar-refractivity contribution in [3.8, 4) is 5.75 Å². The van der Waals surface area contributed by atoms with Gasteiger partial charge in [-0.15, -0.1) is 0 Å².